The van der Waals surface area contributed by atoms with Crippen molar-refractivity contribution in [2.75, 3.05) is 0 Å². The maximum absolute atomic E-state index is 12.7. The van der Waals surface area contributed by atoms with Crippen LogP contribution >= 0.6 is 0 Å². The predicted octanol–water partition coefficient (Wildman–Crippen LogP) is 3.20. The van der Waals surface area contributed by atoms with Crippen molar-refractivity contribution in [3.63, 3.8) is 0 Å². The van der Waals surface area contributed by atoms with Gasteiger partial charge in [-0.15, -0.1) is 0 Å². The van der Waals surface area contributed by atoms with Crippen molar-refractivity contribution in [2.45, 2.75) is 59.4 Å². The van der Waals surface area contributed by atoms with E-state index in [1.54, 1.807) is 19.1 Å². The summed E-state index contributed by atoms with van der Waals surface area (Å²) in [6, 6.07) is 3.57. The number of ether oxygens (including phenoxy) is 1. The molecule has 1 fully saturated rings. The molecule has 116 valence electrons. The number of aryl methyl sites for hydroxylation is 2. The van der Waals surface area contributed by atoms with Gasteiger partial charge in [0.15, 0.2) is 0 Å². The molecule has 1 saturated heterocycles. The zero-order valence-corrected chi connectivity index (χ0v) is 13.3. The lowest BCUT2D eigenvalue weighted by Gasteiger charge is -2.32. The molecule has 2 rings (SSSR count). The van der Waals surface area contributed by atoms with Crippen LogP contribution in [0.15, 0.2) is 12.1 Å². The minimum Gasteiger partial charge on any atom is -0.435 e. The van der Waals surface area contributed by atoms with Crippen LogP contribution in [0.5, 0.6) is 5.75 Å². The Morgan fingerprint density at radius 2 is 1.57 bits per heavy atom. The molecule has 6 heteroatoms. The fourth-order valence-corrected chi connectivity index (χ4v) is 2.38. The SMILES string of the molecule is Cc1cc(C)c(OC(F)F)c(B2OC(C)(C)C(C)(C)O2)c1. The van der Waals surface area contributed by atoms with Crippen molar-refractivity contribution in [1.82, 2.24) is 0 Å². The molecule has 0 radical (unpaired) electrons. The zero-order chi connectivity index (χ0) is 16.0. The van der Waals surface area contributed by atoms with Crippen LogP contribution in [0.25, 0.3) is 0 Å². The zero-order valence-electron chi connectivity index (χ0n) is 13.3. The van der Waals surface area contributed by atoms with E-state index in [-0.39, 0.29) is 5.75 Å². The highest BCUT2D eigenvalue weighted by atomic mass is 19.3. The van der Waals surface area contributed by atoms with E-state index in [0.717, 1.165) is 5.56 Å². The van der Waals surface area contributed by atoms with E-state index in [0.29, 0.717) is 11.0 Å². The second-order valence-electron chi connectivity index (χ2n) is 6.47. The molecule has 0 amide bonds. The van der Waals surface area contributed by atoms with E-state index >= 15 is 0 Å². The fraction of sp³-hybridized carbons (Fsp3) is 0.600. The molecule has 1 aromatic rings. The minimum absolute atomic E-state index is 0.133. The molecule has 1 heterocycles. The quantitative estimate of drug-likeness (QED) is 0.802. The second-order valence-corrected chi connectivity index (χ2v) is 6.47. The van der Waals surface area contributed by atoms with Gasteiger partial charge in [0.2, 0.25) is 0 Å². The van der Waals surface area contributed by atoms with Crippen LogP contribution in [0.4, 0.5) is 8.78 Å². The largest absolute Gasteiger partial charge is 0.498 e. The van der Waals surface area contributed by atoms with Gasteiger partial charge < -0.3 is 14.0 Å². The van der Waals surface area contributed by atoms with Gasteiger partial charge in [0, 0.05) is 5.46 Å². The number of rotatable bonds is 3. The van der Waals surface area contributed by atoms with Gasteiger partial charge in [-0.1, -0.05) is 17.7 Å². The van der Waals surface area contributed by atoms with E-state index in [1.165, 1.54) is 0 Å². The van der Waals surface area contributed by atoms with Crippen LogP contribution in [0.2, 0.25) is 0 Å². The van der Waals surface area contributed by atoms with Gasteiger partial charge in [0.05, 0.1) is 11.2 Å². The molecule has 0 aliphatic carbocycles. The molecule has 3 nitrogen and oxygen atoms in total. The van der Waals surface area contributed by atoms with Crippen molar-refractivity contribution >= 4 is 12.6 Å². The molecule has 0 saturated carbocycles. The molecule has 0 aromatic heterocycles. The number of benzene rings is 1. The standard InChI is InChI=1S/C15H21BF2O3/c1-9-7-10(2)12(19-13(17)18)11(8-9)16-20-14(3,4)15(5,6)21-16/h7-8,13H,1-6H3. The summed E-state index contributed by atoms with van der Waals surface area (Å²) in [4.78, 5) is 0. The lowest BCUT2D eigenvalue weighted by Crippen LogP contribution is -2.41. The van der Waals surface area contributed by atoms with Crippen LogP contribution in [0.1, 0.15) is 38.8 Å². The molecule has 21 heavy (non-hydrogen) atoms. The third-order valence-electron chi connectivity index (χ3n) is 4.16. The molecule has 0 unspecified atom stereocenters. The monoisotopic (exact) mass is 298 g/mol. The first kappa shape index (κ1) is 16.2. The molecule has 1 aliphatic heterocycles. The summed E-state index contributed by atoms with van der Waals surface area (Å²) >= 11 is 0. The van der Waals surface area contributed by atoms with E-state index < -0.39 is 24.9 Å². The number of hydrogen-bond acceptors (Lipinski definition) is 3. The highest BCUT2D eigenvalue weighted by Crippen LogP contribution is 2.37. The predicted molar refractivity (Wildman–Crippen MR) is 78.3 cm³/mol. The first-order chi connectivity index (χ1) is 9.53. The van der Waals surface area contributed by atoms with Gasteiger partial charge >= 0.3 is 13.7 Å². The number of alkyl halides is 2. The molecule has 0 atom stereocenters. The van der Waals surface area contributed by atoms with E-state index in [1.807, 2.05) is 34.6 Å². The van der Waals surface area contributed by atoms with Crippen molar-refractivity contribution in [3.8, 4) is 5.75 Å². The van der Waals surface area contributed by atoms with Gasteiger partial charge in [0.25, 0.3) is 0 Å². The van der Waals surface area contributed by atoms with Gasteiger partial charge in [-0.25, -0.2) is 0 Å². The Morgan fingerprint density at radius 1 is 1.05 bits per heavy atom. The smallest absolute Gasteiger partial charge is 0.435 e. The fourth-order valence-electron chi connectivity index (χ4n) is 2.38. The lowest BCUT2D eigenvalue weighted by molar-refractivity contribution is -0.0497. The Kier molecular flexibility index (Phi) is 4.06. The molecule has 0 bridgehead atoms. The number of halogens is 2. The van der Waals surface area contributed by atoms with Gasteiger partial charge in [-0.05, 0) is 47.1 Å². The Morgan fingerprint density at radius 3 is 2.05 bits per heavy atom. The third-order valence-corrected chi connectivity index (χ3v) is 4.16. The van der Waals surface area contributed by atoms with Crippen LogP contribution in [0.3, 0.4) is 0 Å². The Bertz CT molecular complexity index is 528. The van der Waals surface area contributed by atoms with E-state index in [9.17, 15) is 8.78 Å². The second kappa shape index (κ2) is 5.25. The average molecular weight is 298 g/mol. The Balaban J connectivity index is 2.45. The molecule has 1 aliphatic rings. The van der Waals surface area contributed by atoms with Crippen molar-refractivity contribution in [2.24, 2.45) is 0 Å². The van der Waals surface area contributed by atoms with Gasteiger partial charge in [0.1, 0.15) is 5.75 Å². The van der Waals surface area contributed by atoms with Crippen LogP contribution in [0, 0.1) is 13.8 Å². The lowest BCUT2D eigenvalue weighted by atomic mass is 9.76. The minimum atomic E-state index is -2.88. The number of hydrogen-bond donors (Lipinski definition) is 0. The van der Waals surface area contributed by atoms with Crippen LogP contribution in [-0.4, -0.2) is 24.9 Å². The normalized spacial score (nSPS) is 20.1. The Labute approximate surface area is 124 Å². The maximum atomic E-state index is 12.7. The maximum Gasteiger partial charge on any atom is 0.498 e. The summed E-state index contributed by atoms with van der Waals surface area (Å²) in [5.74, 6) is 0.133. The van der Waals surface area contributed by atoms with Crippen LogP contribution < -0.4 is 10.2 Å². The highest BCUT2D eigenvalue weighted by molar-refractivity contribution is 6.63. The first-order valence-electron chi connectivity index (χ1n) is 6.95. The van der Waals surface area contributed by atoms with E-state index in [4.69, 9.17) is 9.31 Å². The summed E-state index contributed by atoms with van der Waals surface area (Å²) in [5, 5.41) is 0. The van der Waals surface area contributed by atoms with E-state index in [2.05, 4.69) is 4.74 Å². The molecule has 1 aromatic carbocycles. The Hall–Kier alpha value is -1.14. The summed E-state index contributed by atoms with van der Waals surface area (Å²) in [6.07, 6.45) is 0. The molecule has 0 N–H and O–H groups in total. The molecular weight excluding hydrogens is 277 g/mol. The molecular formula is C15H21BF2O3. The highest BCUT2D eigenvalue weighted by Gasteiger charge is 2.52. The summed E-state index contributed by atoms with van der Waals surface area (Å²) in [5.41, 5.74) is 1.03. The first-order valence-corrected chi connectivity index (χ1v) is 6.95. The topological polar surface area (TPSA) is 27.7 Å². The summed E-state index contributed by atoms with van der Waals surface area (Å²) in [7, 11) is -0.720. The van der Waals surface area contributed by atoms with Gasteiger partial charge in [-0.3, -0.25) is 0 Å². The summed E-state index contributed by atoms with van der Waals surface area (Å²) < 4.78 is 41.9. The average Bonchev–Trinajstić information content (AvgIpc) is 2.51. The van der Waals surface area contributed by atoms with Crippen molar-refractivity contribution in [3.05, 3.63) is 23.3 Å². The van der Waals surface area contributed by atoms with Crippen molar-refractivity contribution < 1.29 is 22.8 Å². The third kappa shape index (κ3) is 3.06. The molecule has 0 spiro atoms. The summed E-state index contributed by atoms with van der Waals surface area (Å²) in [6.45, 7) is 8.43. The van der Waals surface area contributed by atoms with Crippen molar-refractivity contribution in [1.29, 1.82) is 0 Å². The van der Waals surface area contributed by atoms with Crippen LogP contribution in [-0.2, 0) is 9.31 Å². The van der Waals surface area contributed by atoms with Gasteiger partial charge in [-0.2, -0.15) is 8.78 Å².